The van der Waals surface area contributed by atoms with Gasteiger partial charge in [0.1, 0.15) is 5.75 Å². The van der Waals surface area contributed by atoms with E-state index in [9.17, 15) is 4.79 Å². The fourth-order valence-electron chi connectivity index (χ4n) is 1.56. The molecule has 0 aromatic heterocycles. The van der Waals surface area contributed by atoms with Gasteiger partial charge >= 0.3 is 0 Å². The van der Waals surface area contributed by atoms with Crippen LogP contribution in [0.2, 0.25) is 0 Å². The molecule has 1 N–H and O–H groups in total. The molecule has 0 radical (unpaired) electrons. The lowest BCUT2D eigenvalue weighted by Gasteiger charge is -2.03. The van der Waals surface area contributed by atoms with Crippen LogP contribution in [0.15, 0.2) is 58.1 Å². The maximum Gasteiger partial charge on any atom is 0.271 e. The molecule has 5 heteroatoms. The minimum atomic E-state index is -0.249. The number of rotatable bonds is 4. The summed E-state index contributed by atoms with van der Waals surface area (Å²) in [6.45, 7) is 0. The third kappa shape index (κ3) is 3.68. The molecule has 0 unspecified atom stereocenters. The van der Waals surface area contributed by atoms with Gasteiger partial charge in [-0.1, -0.05) is 34.1 Å². The van der Waals surface area contributed by atoms with Gasteiger partial charge in [-0.25, -0.2) is 5.43 Å². The van der Waals surface area contributed by atoms with Gasteiger partial charge in [0.25, 0.3) is 5.91 Å². The van der Waals surface area contributed by atoms with Gasteiger partial charge in [-0.05, 0) is 30.3 Å². The van der Waals surface area contributed by atoms with Gasteiger partial charge in [-0.2, -0.15) is 5.10 Å². The summed E-state index contributed by atoms with van der Waals surface area (Å²) < 4.78 is 6.01. The topological polar surface area (TPSA) is 50.7 Å². The highest BCUT2D eigenvalue weighted by molar-refractivity contribution is 9.10. The minimum Gasteiger partial charge on any atom is -0.497 e. The molecule has 2 rings (SSSR count). The van der Waals surface area contributed by atoms with Gasteiger partial charge in [0, 0.05) is 15.6 Å². The zero-order valence-corrected chi connectivity index (χ0v) is 12.4. The van der Waals surface area contributed by atoms with Crippen LogP contribution in [0.5, 0.6) is 5.75 Å². The second kappa shape index (κ2) is 6.86. The predicted molar refractivity (Wildman–Crippen MR) is 82.2 cm³/mol. The molecule has 2 aromatic rings. The van der Waals surface area contributed by atoms with E-state index in [-0.39, 0.29) is 5.91 Å². The molecular formula is C15H13BrN2O2. The number of benzene rings is 2. The second-order valence-corrected chi connectivity index (χ2v) is 4.81. The molecule has 0 aliphatic carbocycles. The Balaban J connectivity index is 2.05. The molecule has 0 heterocycles. The second-order valence-electron chi connectivity index (χ2n) is 3.95. The van der Waals surface area contributed by atoms with Crippen molar-refractivity contribution in [2.24, 2.45) is 5.10 Å². The van der Waals surface area contributed by atoms with E-state index in [0.29, 0.717) is 5.56 Å². The molecule has 4 nitrogen and oxygen atoms in total. The van der Waals surface area contributed by atoms with E-state index in [1.807, 2.05) is 24.3 Å². The molecule has 0 saturated heterocycles. The van der Waals surface area contributed by atoms with E-state index in [1.165, 1.54) is 0 Å². The van der Waals surface area contributed by atoms with Crippen molar-refractivity contribution in [3.8, 4) is 5.75 Å². The van der Waals surface area contributed by atoms with Crippen LogP contribution in [0.25, 0.3) is 0 Å². The predicted octanol–water partition coefficient (Wildman–Crippen LogP) is 3.22. The first-order chi connectivity index (χ1) is 9.70. The zero-order valence-electron chi connectivity index (χ0n) is 10.8. The number of hydrogen-bond acceptors (Lipinski definition) is 3. The Bertz CT molecular complexity index is 627. The highest BCUT2D eigenvalue weighted by Gasteiger charge is 2.03. The fourth-order valence-corrected chi connectivity index (χ4v) is 1.91. The fraction of sp³-hybridized carbons (Fsp3) is 0.0667. The van der Waals surface area contributed by atoms with Crippen LogP contribution in [-0.2, 0) is 0 Å². The summed E-state index contributed by atoms with van der Waals surface area (Å²) >= 11 is 3.41. The number of amides is 1. The largest absolute Gasteiger partial charge is 0.497 e. The van der Waals surface area contributed by atoms with Crippen LogP contribution >= 0.6 is 15.9 Å². The highest BCUT2D eigenvalue weighted by atomic mass is 79.9. The van der Waals surface area contributed by atoms with Gasteiger partial charge < -0.3 is 4.74 Å². The van der Waals surface area contributed by atoms with Crippen LogP contribution < -0.4 is 10.2 Å². The first kappa shape index (κ1) is 14.3. The lowest BCUT2D eigenvalue weighted by atomic mass is 10.2. The van der Waals surface area contributed by atoms with Gasteiger partial charge in [0.2, 0.25) is 0 Å². The van der Waals surface area contributed by atoms with Crippen molar-refractivity contribution >= 4 is 28.1 Å². The monoisotopic (exact) mass is 332 g/mol. The molecule has 2 aromatic carbocycles. The molecule has 0 aliphatic heterocycles. The summed E-state index contributed by atoms with van der Waals surface area (Å²) in [6.07, 6.45) is 1.56. The van der Waals surface area contributed by atoms with Crippen molar-refractivity contribution in [2.45, 2.75) is 0 Å². The Morgan fingerprint density at radius 2 is 2.00 bits per heavy atom. The summed E-state index contributed by atoms with van der Waals surface area (Å²) in [5, 5.41) is 3.94. The lowest BCUT2D eigenvalue weighted by molar-refractivity contribution is 0.0955. The van der Waals surface area contributed by atoms with Crippen molar-refractivity contribution in [3.63, 3.8) is 0 Å². The number of carbonyl (C=O) groups is 1. The maximum absolute atomic E-state index is 11.8. The number of methoxy groups -OCH3 is 1. The first-order valence-electron chi connectivity index (χ1n) is 5.92. The average Bonchev–Trinajstić information content (AvgIpc) is 2.50. The van der Waals surface area contributed by atoms with E-state index in [0.717, 1.165) is 15.8 Å². The Hall–Kier alpha value is -2.14. The minimum absolute atomic E-state index is 0.249. The van der Waals surface area contributed by atoms with Crippen molar-refractivity contribution in [1.29, 1.82) is 0 Å². The van der Waals surface area contributed by atoms with Crippen LogP contribution in [0.1, 0.15) is 15.9 Å². The number of hydrogen-bond donors (Lipinski definition) is 1. The summed E-state index contributed by atoms with van der Waals surface area (Å²) in [4.78, 5) is 11.8. The van der Waals surface area contributed by atoms with Gasteiger partial charge in [0.15, 0.2) is 0 Å². The molecule has 0 spiro atoms. The van der Waals surface area contributed by atoms with Gasteiger partial charge in [-0.15, -0.1) is 0 Å². The maximum atomic E-state index is 11.8. The highest BCUT2D eigenvalue weighted by Crippen LogP contribution is 2.20. The molecule has 0 fully saturated rings. The number of halogens is 1. The third-order valence-electron chi connectivity index (χ3n) is 2.61. The number of ether oxygens (including phenoxy) is 1. The summed E-state index contributed by atoms with van der Waals surface area (Å²) in [6, 6.07) is 14.4. The number of hydrazone groups is 1. The van der Waals surface area contributed by atoms with Crippen LogP contribution in [0, 0.1) is 0 Å². The number of carbonyl (C=O) groups excluding carboxylic acids is 1. The molecule has 0 saturated carbocycles. The quantitative estimate of drug-likeness (QED) is 0.690. The zero-order chi connectivity index (χ0) is 14.4. The van der Waals surface area contributed by atoms with Crippen molar-refractivity contribution in [2.75, 3.05) is 7.11 Å². The van der Waals surface area contributed by atoms with Crippen LogP contribution in [-0.4, -0.2) is 19.2 Å². The summed E-state index contributed by atoms with van der Waals surface area (Å²) in [7, 11) is 1.60. The van der Waals surface area contributed by atoms with E-state index in [4.69, 9.17) is 4.74 Å². The Morgan fingerprint density at radius 1 is 1.25 bits per heavy atom. The third-order valence-corrected chi connectivity index (χ3v) is 3.33. The molecule has 0 aliphatic rings. The van der Waals surface area contributed by atoms with E-state index < -0.39 is 0 Å². The summed E-state index contributed by atoms with van der Waals surface area (Å²) in [5.74, 6) is 0.477. The van der Waals surface area contributed by atoms with Crippen LogP contribution in [0.4, 0.5) is 0 Å². The van der Waals surface area contributed by atoms with Crippen molar-refractivity contribution in [1.82, 2.24) is 5.43 Å². The first-order valence-corrected chi connectivity index (χ1v) is 6.72. The standard InChI is InChI=1S/C15H13BrN2O2/c1-20-13-7-8-14(16)12(9-13)10-17-18-15(19)11-5-3-2-4-6-11/h2-10H,1H3,(H,18,19)/b17-10+. The summed E-state index contributed by atoms with van der Waals surface area (Å²) in [5.41, 5.74) is 3.86. The number of nitrogens with one attached hydrogen (secondary N) is 1. The SMILES string of the molecule is COc1ccc(Br)c(/C=N/NC(=O)c2ccccc2)c1. The van der Waals surface area contributed by atoms with E-state index in [1.54, 1.807) is 37.6 Å². The van der Waals surface area contributed by atoms with E-state index in [2.05, 4.69) is 26.5 Å². The Morgan fingerprint density at radius 3 is 2.70 bits per heavy atom. The molecule has 102 valence electrons. The van der Waals surface area contributed by atoms with Gasteiger partial charge in [0.05, 0.1) is 13.3 Å². The molecular weight excluding hydrogens is 320 g/mol. The average molecular weight is 333 g/mol. The lowest BCUT2D eigenvalue weighted by Crippen LogP contribution is -2.17. The molecule has 20 heavy (non-hydrogen) atoms. The molecule has 0 atom stereocenters. The van der Waals surface area contributed by atoms with Crippen molar-refractivity contribution < 1.29 is 9.53 Å². The van der Waals surface area contributed by atoms with Crippen molar-refractivity contribution in [3.05, 3.63) is 64.1 Å². The van der Waals surface area contributed by atoms with Crippen LogP contribution in [0.3, 0.4) is 0 Å². The normalized spacial score (nSPS) is 10.5. The molecule has 1 amide bonds. The van der Waals surface area contributed by atoms with Gasteiger partial charge in [-0.3, -0.25) is 4.79 Å². The molecule has 0 bridgehead atoms. The van der Waals surface area contributed by atoms with E-state index >= 15 is 0 Å². The smallest absolute Gasteiger partial charge is 0.271 e. The Labute approximate surface area is 125 Å². The number of nitrogens with zero attached hydrogens (tertiary/aromatic N) is 1. The Kier molecular flexibility index (Phi) is 4.90.